The Morgan fingerprint density at radius 3 is 2.84 bits per heavy atom. The van der Waals surface area contributed by atoms with Crippen molar-refractivity contribution in [2.45, 2.75) is 32.7 Å². The molecule has 2 unspecified atom stereocenters. The minimum Gasteiger partial charge on any atom is -0.336 e. The highest BCUT2D eigenvalue weighted by Crippen LogP contribution is 2.26. The molecule has 104 valence electrons. The maximum atomic E-state index is 12.6. The number of amides is 1. The third kappa shape index (κ3) is 3.10. The molecule has 1 amide bonds. The SMILES string of the molecule is Cc1ccc(C(=O)N2CC(CN)CCC2C)c(Cl)c1. The number of nitrogens with zero attached hydrogens (tertiary/aromatic N) is 1. The molecule has 4 heteroatoms. The zero-order valence-electron chi connectivity index (χ0n) is 11.5. The van der Waals surface area contributed by atoms with Crippen LogP contribution in [0.25, 0.3) is 0 Å². The summed E-state index contributed by atoms with van der Waals surface area (Å²) >= 11 is 6.19. The second kappa shape index (κ2) is 5.93. The summed E-state index contributed by atoms with van der Waals surface area (Å²) < 4.78 is 0. The van der Waals surface area contributed by atoms with Gasteiger partial charge in [0.1, 0.15) is 0 Å². The fourth-order valence-corrected chi connectivity index (χ4v) is 2.92. The molecule has 2 rings (SSSR count). The molecular formula is C15H21ClN2O. The molecule has 0 aromatic heterocycles. The Morgan fingerprint density at radius 2 is 2.21 bits per heavy atom. The first-order chi connectivity index (χ1) is 9.02. The third-order valence-electron chi connectivity index (χ3n) is 3.93. The molecule has 0 bridgehead atoms. The van der Waals surface area contributed by atoms with E-state index in [-0.39, 0.29) is 11.9 Å². The molecule has 0 spiro atoms. The number of benzene rings is 1. The Hall–Kier alpha value is -1.06. The highest BCUT2D eigenvalue weighted by atomic mass is 35.5. The van der Waals surface area contributed by atoms with Crippen LogP contribution in [-0.4, -0.2) is 29.9 Å². The van der Waals surface area contributed by atoms with E-state index in [1.54, 1.807) is 0 Å². The van der Waals surface area contributed by atoms with Crippen molar-refractivity contribution in [3.63, 3.8) is 0 Å². The van der Waals surface area contributed by atoms with Crippen LogP contribution in [0.2, 0.25) is 5.02 Å². The van der Waals surface area contributed by atoms with Gasteiger partial charge in [0.25, 0.3) is 5.91 Å². The number of aryl methyl sites for hydroxylation is 1. The van der Waals surface area contributed by atoms with Gasteiger partial charge >= 0.3 is 0 Å². The second-order valence-corrected chi connectivity index (χ2v) is 5.88. The van der Waals surface area contributed by atoms with E-state index in [4.69, 9.17) is 17.3 Å². The van der Waals surface area contributed by atoms with Crippen LogP contribution < -0.4 is 5.73 Å². The highest BCUT2D eigenvalue weighted by molar-refractivity contribution is 6.33. The van der Waals surface area contributed by atoms with Gasteiger partial charge in [-0.15, -0.1) is 0 Å². The Bertz CT molecular complexity index is 475. The first-order valence-corrected chi connectivity index (χ1v) is 7.18. The first-order valence-electron chi connectivity index (χ1n) is 6.80. The summed E-state index contributed by atoms with van der Waals surface area (Å²) in [5, 5.41) is 0.534. The van der Waals surface area contributed by atoms with E-state index in [1.807, 2.05) is 30.0 Å². The van der Waals surface area contributed by atoms with E-state index < -0.39 is 0 Å². The van der Waals surface area contributed by atoms with Crippen molar-refractivity contribution >= 4 is 17.5 Å². The molecule has 0 saturated carbocycles. The molecule has 0 aliphatic carbocycles. The van der Waals surface area contributed by atoms with Crippen molar-refractivity contribution in [3.8, 4) is 0 Å². The number of hydrogen-bond donors (Lipinski definition) is 1. The van der Waals surface area contributed by atoms with E-state index in [0.29, 0.717) is 23.0 Å². The smallest absolute Gasteiger partial charge is 0.255 e. The quantitative estimate of drug-likeness (QED) is 0.905. The molecule has 0 radical (unpaired) electrons. The fraction of sp³-hybridized carbons (Fsp3) is 0.533. The molecular weight excluding hydrogens is 260 g/mol. The van der Waals surface area contributed by atoms with Gasteiger partial charge in [0.2, 0.25) is 0 Å². The number of carbonyl (C=O) groups excluding carboxylic acids is 1. The highest BCUT2D eigenvalue weighted by Gasteiger charge is 2.29. The molecule has 1 aromatic carbocycles. The van der Waals surface area contributed by atoms with E-state index in [1.165, 1.54) is 0 Å². The minimum absolute atomic E-state index is 0.0238. The van der Waals surface area contributed by atoms with Crippen molar-refractivity contribution in [1.29, 1.82) is 0 Å². The van der Waals surface area contributed by atoms with Crippen LogP contribution in [0.5, 0.6) is 0 Å². The van der Waals surface area contributed by atoms with Crippen molar-refractivity contribution in [3.05, 3.63) is 34.3 Å². The lowest BCUT2D eigenvalue weighted by Gasteiger charge is -2.37. The standard InChI is InChI=1S/C15H21ClN2O/c1-10-3-6-13(14(16)7-10)15(19)18-9-12(8-17)5-4-11(18)2/h3,6-7,11-12H,4-5,8-9,17H2,1-2H3. The lowest BCUT2D eigenvalue weighted by atomic mass is 9.93. The van der Waals surface area contributed by atoms with Crippen LogP contribution in [-0.2, 0) is 0 Å². The summed E-state index contributed by atoms with van der Waals surface area (Å²) in [4.78, 5) is 14.5. The van der Waals surface area contributed by atoms with Gasteiger partial charge < -0.3 is 10.6 Å². The predicted octanol–water partition coefficient (Wildman–Crippen LogP) is 2.85. The zero-order chi connectivity index (χ0) is 14.0. The molecule has 1 heterocycles. The number of halogens is 1. The van der Waals surface area contributed by atoms with Crippen LogP contribution in [0.1, 0.15) is 35.7 Å². The number of hydrogen-bond acceptors (Lipinski definition) is 2. The van der Waals surface area contributed by atoms with Crippen LogP contribution in [0.3, 0.4) is 0 Å². The Labute approximate surface area is 119 Å². The number of likely N-dealkylation sites (tertiary alicyclic amines) is 1. The van der Waals surface area contributed by atoms with Gasteiger partial charge in [0, 0.05) is 12.6 Å². The van der Waals surface area contributed by atoms with Gasteiger partial charge in [-0.25, -0.2) is 0 Å². The molecule has 1 aromatic rings. The van der Waals surface area contributed by atoms with Gasteiger partial charge in [0.15, 0.2) is 0 Å². The molecule has 1 fully saturated rings. The summed E-state index contributed by atoms with van der Waals surface area (Å²) in [6, 6.07) is 5.84. The van der Waals surface area contributed by atoms with Crippen LogP contribution in [0.15, 0.2) is 18.2 Å². The fourth-order valence-electron chi connectivity index (χ4n) is 2.61. The summed E-state index contributed by atoms with van der Waals surface area (Å²) in [7, 11) is 0. The number of piperidine rings is 1. The molecule has 1 saturated heterocycles. The van der Waals surface area contributed by atoms with Gasteiger partial charge in [0.05, 0.1) is 10.6 Å². The molecule has 3 nitrogen and oxygen atoms in total. The van der Waals surface area contributed by atoms with Crippen molar-refractivity contribution in [1.82, 2.24) is 4.90 Å². The minimum atomic E-state index is 0.0238. The van der Waals surface area contributed by atoms with E-state index in [9.17, 15) is 4.79 Å². The maximum absolute atomic E-state index is 12.6. The second-order valence-electron chi connectivity index (χ2n) is 5.47. The Morgan fingerprint density at radius 1 is 1.47 bits per heavy atom. The summed E-state index contributed by atoms with van der Waals surface area (Å²) in [5.74, 6) is 0.431. The lowest BCUT2D eigenvalue weighted by molar-refractivity contribution is 0.0567. The molecule has 2 atom stereocenters. The average Bonchev–Trinajstić information content (AvgIpc) is 2.38. The largest absolute Gasteiger partial charge is 0.336 e. The van der Waals surface area contributed by atoms with Crippen LogP contribution in [0, 0.1) is 12.8 Å². The van der Waals surface area contributed by atoms with Gasteiger partial charge in [-0.05, 0) is 56.8 Å². The predicted molar refractivity (Wildman–Crippen MR) is 78.5 cm³/mol. The Kier molecular flexibility index (Phi) is 4.48. The molecule has 1 aliphatic rings. The van der Waals surface area contributed by atoms with Crippen LogP contribution in [0.4, 0.5) is 0 Å². The van der Waals surface area contributed by atoms with Crippen molar-refractivity contribution in [2.24, 2.45) is 11.7 Å². The van der Waals surface area contributed by atoms with E-state index in [2.05, 4.69) is 6.92 Å². The van der Waals surface area contributed by atoms with Crippen LogP contribution >= 0.6 is 11.6 Å². The van der Waals surface area contributed by atoms with Gasteiger partial charge in [-0.2, -0.15) is 0 Å². The third-order valence-corrected chi connectivity index (χ3v) is 4.24. The van der Waals surface area contributed by atoms with Gasteiger partial charge in [-0.1, -0.05) is 17.7 Å². The van der Waals surface area contributed by atoms with E-state index in [0.717, 1.165) is 24.9 Å². The topological polar surface area (TPSA) is 46.3 Å². The summed E-state index contributed by atoms with van der Waals surface area (Å²) in [5.41, 5.74) is 7.39. The average molecular weight is 281 g/mol. The molecule has 19 heavy (non-hydrogen) atoms. The normalized spacial score (nSPS) is 23.5. The van der Waals surface area contributed by atoms with Crippen molar-refractivity contribution < 1.29 is 4.79 Å². The van der Waals surface area contributed by atoms with E-state index >= 15 is 0 Å². The van der Waals surface area contributed by atoms with Gasteiger partial charge in [-0.3, -0.25) is 4.79 Å². The zero-order valence-corrected chi connectivity index (χ0v) is 12.3. The molecule has 1 aliphatic heterocycles. The van der Waals surface area contributed by atoms with Crippen molar-refractivity contribution in [2.75, 3.05) is 13.1 Å². The number of carbonyl (C=O) groups is 1. The molecule has 2 N–H and O–H groups in total. The Balaban J connectivity index is 2.22. The monoisotopic (exact) mass is 280 g/mol. The summed E-state index contributed by atoms with van der Waals surface area (Å²) in [6.45, 7) is 5.43. The number of nitrogens with two attached hydrogens (primary N) is 1. The maximum Gasteiger partial charge on any atom is 0.255 e. The first kappa shape index (κ1) is 14.4. The lowest BCUT2D eigenvalue weighted by Crippen LogP contribution is -2.47. The number of rotatable bonds is 2. The summed E-state index contributed by atoms with van der Waals surface area (Å²) in [6.07, 6.45) is 2.11.